The van der Waals surface area contributed by atoms with Gasteiger partial charge in [0.2, 0.25) is 0 Å². The van der Waals surface area contributed by atoms with E-state index in [1.807, 2.05) is 61.1 Å². The first-order valence-electron chi connectivity index (χ1n) is 12.3. The molecule has 5 aromatic rings. The number of fused-ring (bicyclic) bond motifs is 2. The minimum atomic E-state index is -0.599. The molecule has 184 valence electrons. The highest BCUT2D eigenvalue weighted by Gasteiger charge is 2.28. The van der Waals surface area contributed by atoms with Crippen molar-refractivity contribution in [2.45, 2.75) is 32.3 Å². The van der Waals surface area contributed by atoms with Gasteiger partial charge in [0, 0.05) is 54.4 Å². The van der Waals surface area contributed by atoms with Crippen LogP contribution in [0.5, 0.6) is 5.75 Å². The van der Waals surface area contributed by atoms with Gasteiger partial charge in [-0.3, -0.25) is 5.10 Å². The first-order chi connectivity index (χ1) is 17.5. The molecule has 0 atom stereocenters. The van der Waals surface area contributed by atoms with E-state index in [4.69, 9.17) is 9.72 Å². The van der Waals surface area contributed by atoms with E-state index in [0.717, 1.165) is 70.9 Å². The second-order valence-electron chi connectivity index (χ2n) is 9.53. The first kappa shape index (κ1) is 22.4. The molecule has 1 saturated heterocycles. The highest BCUT2D eigenvalue weighted by atomic mass is 16.5. The predicted octanol–water partition coefficient (Wildman–Crippen LogP) is 4.77. The Morgan fingerprint density at radius 3 is 2.86 bits per heavy atom. The van der Waals surface area contributed by atoms with Gasteiger partial charge in [-0.05, 0) is 44.9 Å². The molecule has 1 aliphatic heterocycles. The van der Waals surface area contributed by atoms with Gasteiger partial charge in [0.15, 0.2) is 11.5 Å². The van der Waals surface area contributed by atoms with E-state index in [1.54, 1.807) is 6.20 Å². The molecule has 2 aromatic carbocycles. The number of imidazole rings is 1. The maximum absolute atomic E-state index is 10.3. The van der Waals surface area contributed by atoms with E-state index >= 15 is 0 Å². The van der Waals surface area contributed by atoms with Gasteiger partial charge in [0.25, 0.3) is 0 Å². The molecular formula is C27H29N7O2. The third kappa shape index (κ3) is 4.22. The van der Waals surface area contributed by atoms with Crippen LogP contribution in [-0.4, -0.2) is 55.0 Å². The fourth-order valence-corrected chi connectivity index (χ4v) is 4.74. The summed E-state index contributed by atoms with van der Waals surface area (Å²) in [7, 11) is 0. The molecular weight excluding hydrogens is 454 g/mol. The number of benzene rings is 2. The third-order valence-electron chi connectivity index (χ3n) is 6.82. The molecule has 1 aliphatic rings. The molecule has 0 bridgehead atoms. The summed E-state index contributed by atoms with van der Waals surface area (Å²) in [6, 6.07) is 12.3. The summed E-state index contributed by atoms with van der Waals surface area (Å²) in [5.74, 6) is 1.47. The Kier molecular flexibility index (Phi) is 5.49. The lowest BCUT2D eigenvalue weighted by atomic mass is 9.93. The number of piperidine rings is 1. The smallest absolute Gasteiger partial charge is 0.180 e. The molecule has 0 amide bonds. The number of nitrogens with one attached hydrogen (secondary N) is 2. The van der Waals surface area contributed by atoms with Gasteiger partial charge in [-0.15, -0.1) is 0 Å². The third-order valence-corrected chi connectivity index (χ3v) is 6.82. The summed E-state index contributed by atoms with van der Waals surface area (Å²) < 4.78 is 8.00. The van der Waals surface area contributed by atoms with Gasteiger partial charge in [-0.1, -0.05) is 12.1 Å². The van der Waals surface area contributed by atoms with E-state index in [0.29, 0.717) is 12.4 Å². The topological polar surface area (TPSA) is 104 Å². The highest BCUT2D eigenvalue weighted by Crippen LogP contribution is 2.36. The van der Waals surface area contributed by atoms with E-state index in [-0.39, 0.29) is 0 Å². The van der Waals surface area contributed by atoms with E-state index in [9.17, 15) is 5.11 Å². The van der Waals surface area contributed by atoms with Crippen molar-refractivity contribution in [1.29, 1.82) is 0 Å². The number of aromatic amines is 1. The van der Waals surface area contributed by atoms with Gasteiger partial charge >= 0.3 is 0 Å². The molecule has 9 nitrogen and oxygen atoms in total. The maximum Gasteiger partial charge on any atom is 0.180 e. The number of rotatable bonds is 6. The standard InChI is InChI=1S/C27H29N7O2/c1-3-36-24-15-20(6-7-23(24)33-11-8-27(2,35)9-12-33)30-25-26-28-10-13-34(26)17-22(31-25)18-4-5-19-16-29-32-21(19)14-18/h4-7,10,13-17,35H,3,8-9,11-12H2,1-2H3,(H,29,32)(H,30,31). The van der Waals surface area contributed by atoms with Crippen LogP contribution in [0.3, 0.4) is 0 Å². The van der Waals surface area contributed by atoms with E-state index in [2.05, 4.69) is 37.5 Å². The molecule has 3 aromatic heterocycles. The fourth-order valence-electron chi connectivity index (χ4n) is 4.74. The lowest BCUT2D eigenvalue weighted by Crippen LogP contribution is -2.42. The van der Waals surface area contributed by atoms with Crippen molar-refractivity contribution in [3.63, 3.8) is 0 Å². The lowest BCUT2D eigenvalue weighted by molar-refractivity contribution is 0.0350. The quantitative estimate of drug-likeness (QED) is 0.320. The summed E-state index contributed by atoms with van der Waals surface area (Å²) in [4.78, 5) is 11.7. The summed E-state index contributed by atoms with van der Waals surface area (Å²) >= 11 is 0. The molecule has 6 rings (SSSR count). The Morgan fingerprint density at radius 1 is 1.17 bits per heavy atom. The van der Waals surface area contributed by atoms with Crippen molar-refractivity contribution in [3.8, 4) is 17.0 Å². The second-order valence-corrected chi connectivity index (χ2v) is 9.53. The largest absolute Gasteiger partial charge is 0.492 e. The predicted molar refractivity (Wildman–Crippen MR) is 141 cm³/mol. The highest BCUT2D eigenvalue weighted by molar-refractivity contribution is 5.84. The normalized spacial score (nSPS) is 15.5. The Balaban J connectivity index is 1.34. The maximum atomic E-state index is 10.3. The Hall–Kier alpha value is -4.11. The number of aromatic nitrogens is 5. The zero-order valence-corrected chi connectivity index (χ0v) is 20.4. The summed E-state index contributed by atoms with van der Waals surface area (Å²) in [6.07, 6.45) is 8.94. The molecule has 36 heavy (non-hydrogen) atoms. The molecule has 0 aliphatic carbocycles. The molecule has 4 heterocycles. The summed E-state index contributed by atoms with van der Waals surface area (Å²) in [5.41, 5.74) is 4.81. The second kappa shape index (κ2) is 8.83. The first-order valence-corrected chi connectivity index (χ1v) is 12.3. The minimum absolute atomic E-state index is 0.566. The Morgan fingerprint density at radius 2 is 2.03 bits per heavy atom. The summed E-state index contributed by atoms with van der Waals surface area (Å²) in [6.45, 7) is 6.04. The molecule has 0 unspecified atom stereocenters. The minimum Gasteiger partial charge on any atom is -0.492 e. The van der Waals surface area contributed by atoms with Crippen LogP contribution >= 0.6 is 0 Å². The fraction of sp³-hybridized carbons (Fsp3) is 0.296. The van der Waals surface area contributed by atoms with Crippen LogP contribution in [0.1, 0.15) is 26.7 Å². The Bertz CT molecular complexity index is 1530. The van der Waals surface area contributed by atoms with Crippen LogP contribution in [0.4, 0.5) is 17.2 Å². The Labute approximate surface area is 208 Å². The molecule has 1 fully saturated rings. The average Bonchev–Trinajstić information content (AvgIpc) is 3.54. The van der Waals surface area contributed by atoms with E-state index < -0.39 is 5.60 Å². The number of hydrogen-bond acceptors (Lipinski definition) is 7. The van der Waals surface area contributed by atoms with Crippen LogP contribution in [0.25, 0.3) is 27.8 Å². The zero-order chi connectivity index (χ0) is 24.7. The lowest BCUT2D eigenvalue weighted by Gasteiger charge is -2.37. The number of H-pyrrole nitrogens is 1. The van der Waals surface area contributed by atoms with Crippen LogP contribution in [-0.2, 0) is 0 Å². The van der Waals surface area contributed by atoms with Crippen molar-refractivity contribution < 1.29 is 9.84 Å². The van der Waals surface area contributed by atoms with Crippen molar-refractivity contribution in [1.82, 2.24) is 24.6 Å². The number of hydrogen-bond donors (Lipinski definition) is 3. The van der Waals surface area contributed by atoms with Crippen LogP contribution in [0.15, 0.2) is 61.2 Å². The van der Waals surface area contributed by atoms with Gasteiger partial charge in [-0.2, -0.15) is 5.10 Å². The van der Waals surface area contributed by atoms with Gasteiger partial charge < -0.3 is 24.5 Å². The number of aliphatic hydroxyl groups is 1. The van der Waals surface area contributed by atoms with Gasteiger partial charge in [-0.25, -0.2) is 9.97 Å². The molecule has 0 spiro atoms. The zero-order valence-electron chi connectivity index (χ0n) is 20.4. The number of ether oxygens (including phenoxy) is 1. The molecule has 0 radical (unpaired) electrons. The molecule has 9 heteroatoms. The average molecular weight is 484 g/mol. The van der Waals surface area contributed by atoms with Gasteiger partial charge in [0.1, 0.15) is 5.75 Å². The summed E-state index contributed by atoms with van der Waals surface area (Å²) in [5, 5.41) is 22.0. The van der Waals surface area contributed by atoms with Crippen molar-refractivity contribution in [2.24, 2.45) is 0 Å². The molecule has 3 N–H and O–H groups in total. The van der Waals surface area contributed by atoms with Crippen LogP contribution in [0.2, 0.25) is 0 Å². The van der Waals surface area contributed by atoms with E-state index in [1.165, 1.54) is 0 Å². The van der Waals surface area contributed by atoms with Crippen LogP contribution < -0.4 is 15.0 Å². The number of nitrogens with zero attached hydrogens (tertiary/aromatic N) is 5. The van der Waals surface area contributed by atoms with Crippen LogP contribution in [0, 0.1) is 0 Å². The molecule has 0 saturated carbocycles. The van der Waals surface area contributed by atoms with Crippen molar-refractivity contribution in [3.05, 3.63) is 61.2 Å². The monoisotopic (exact) mass is 483 g/mol. The number of anilines is 3. The SMILES string of the molecule is CCOc1cc(Nc2nc(-c3ccc4cn[nH]c4c3)cn3ccnc23)ccc1N1CCC(C)(O)CC1. The van der Waals surface area contributed by atoms with Crippen molar-refractivity contribution >= 4 is 33.7 Å². The van der Waals surface area contributed by atoms with Gasteiger partial charge in [0.05, 0.1) is 35.3 Å². The van der Waals surface area contributed by atoms with Crippen molar-refractivity contribution in [2.75, 3.05) is 29.9 Å².